The first-order chi connectivity index (χ1) is 13.9. The smallest absolute Gasteiger partial charge is 0.416 e. The first kappa shape index (κ1) is 17.8. The highest BCUT2D eigenvalue weighted by Gasteiger charge is 2.30. The Labute approximate surface area is 166 Å². The predicted octanol–water partition coefficient (Wildman–Crippen LogP) is 7.52. The Hall–Kier alpha value is -3.27. The molecule has 0 radical (unpaired) electrons. The average molecular weight is 390 g/mol. The second-order valence-electron chi connectivity index (χ2n) is 7.40. The van der Waals surface area contributed by atoms with E-state index in [4.69, 9.17) is 4.42 Å². The van der Waals surface area contributed by atoms with Crippen LogP contribution in [0.3, 0.4) is 0 Å². The molecule has 0 atom stereocenters. The zero-order valence-corrected chi connectivity index (χ0v) is 15.7. The maximum Gasteiger partial charge on any atom is 0.416 e. The third-order valence-corrected chi connectivity index (χ3v) is 5.55. The molecule has 0 bridgehead atoms. The van der Waals surface area contributed by atoms with Crippen molar-refractivity contribution in [1.29, 1.82) is 0 Å². The molecule has 5 rings (SSSR count). The van der Waals surface area contributed by atoms with Gasteiger partial charge in [-0.2, -0.15) is 13.2 Å². The quantitative estimate of drug-likeness (QED) is 0.345. The van der Waals surface area contributed by atoms with Crippen molar-refractivity contribution < 1.29 is 17.6 Å². The van der Waals surface area contributed by atoms with Gasteiger partial charge >= 0.3 is 6.18 Å². The van der Waals surface area contributed by atoms with Crippen LogP contribution in [0.15, 0.2) is 71.3 Å². The molecule has 4 heteroatoms. The van der Waals surface area contributed by atoms with Crippen molar-refractivity contribution in [2.75, 3.05) is 0 Å². The molecule has 0 N–H and O–H groups in total. The molecule has 1 aliphatic carbocycles. The van der Waals surface area contributed by atoms with Gasteiger partial charge in [0.05, 0.1) is 11.8 Å². The predicted molar refractivity (Wildman–Crippen MR) is 109 cm³/mol. The van der Waals surface area contributed by atoms with Gasteiger partial charge in [0.1, 0.15) is 5.76 Å². The van der Waals surface area contributed by atoms with Gasteiger partial charge in [-0.05, 0) is 52.9 Å². The van der Waals surface area contributed by atoms with E-state index in [1.54, 1.807) is 18.4 Å². The lowest BCUT2D eigenvalue weighted by Crippen LogP contribution is -2.04. The molecule has 1 aliphatic rings. The molecule has 1 aromatic heterocycles. The van der Waals surface area contributed by atoms with Gasteiger partial charge in [-0.3, -0.25) is 0 Å². The van der Waals surface area contributed by atoms with E-state index in [9.17, 15) is 13.2 Å². The first-order valence-corrected chi connectivity index (χ1v) is 9.39. The lowest BCUT2D eigenvalue weighted by Gasteiger charge is -2.13. The summed E-state index contributed by atoms with van der Waals surface area (Å²) in [6, 6.07) is 17.5. The van der Waals surface area contributed by atoms with E-state index in [1.165, 1.54) is 0 Å². The first-order valence-electron chi connectivity index (χ1n) is 9.39. The number of benzene rings is 3. The number of rotatable bonds is 2. The molecular weight excluding hydrogens is 373 g/mol. The van der Waals surface area contributed by atoms with Crippen LogP contribution in [0.5, 0.6) is 0 Å². The van der Waals surface area contributed by atoms with E-state index in [-0.39, 0.29) is 0 Å². The number of aryl methyl sites for hydroxylation is 1. The van der Waals surface area contributed by atoms with E-state index in [0.29, 0.717) is 0 Å². The maximum atomic E-state index is 12.9. The van der Waals surface area contributed by atoms with E-state index in [0.717, 1.165) is 68.5 Å². The minimum Gasteiger partial charge on any atom is -0.463 e. The number of hydrogen-bond acceptors (Lipinski definition) is 1. The minimum absolute atomic E-state index is 0.634. The van der Waals surface area contributed by atoms with Gasteiger partial charge in [0.15, 0.2) is 0 Å². The summed E-state index contributed by atoms with van der Waals surface area (Å²) < 4.78 is 44.7. The van der Waals surface area contributed by atoms with Crippen LogP contribution < -0.4 is 0 Å². The van der Waals surface area contributed by atoms with Gasteiger partial charge in [0, 0.05) is 22.8 Å². The summed E-state index contributed by atoms with van der Waals surface area (Å²) in [6.45, 7) is 1.99. The fraction of sp³-hybridized carbons (Fsp3) is 0.120. The largest absolute Gasteiger partial charge is 0.463 e. The monoisotopic (exact) mass is 390 g/mol. The molecule has 0 fully saturated rings. The summed E-state index contributed by atoms with van der Waals surface area (Å²) in [7, 11) is 0. The van der Waals surface area contributed by atoms with E-state index in [2.05, 4.69) is 12.1 Å². The van der Waals surface area contributed by atoms with Crippen molar-refractivity contribution in [2.24, 2.45) is 0 Å². The lowest BCUT2D eigenvalue weighted by molar-refractivity contribution is -0.137. The van der Waals surface area contributed by atoms with Crippen molar-refractivity contribution in [3.05, 3.63) is 94.9 Å². The van der Waals surface area contributed by atoms with Gasteiger partial charge in [-0.25, -0.2) is 0 Å². The molecule has 0 unspecified atom stereocenters. The Morgan fingerprint density at radius 2 is 1.66 bits per heavy atom. The van der Waals surface area contributed by atoms with Crippen LogP contribution >= 0.6 is 0 Å². The number of furan rings is 1. The van der Waals surface area contributed by atoms with Gasteiger partial charge in [0.2, 0.25) is 0 Å². The normalized spacial score (nSPS) is 13.6. The van der Waals surface area contributed by atoms with Crippen molar-refractivity contribution in [2.45, 2.75) is 19.5 Å². The number of fused-ring (bicyclic) bond motifs is 2. The van der Waals surface area contributed by atoms with Gasteiger partial charge in [0.25, 0.3) is 0 Å². The van der Waals surface area contributed by atoms with Gasteiger partial charge in [-0.15, -0.1) is 0 Å². The number of hydrogen-bond donors (Lipinski definition) is 0. The third kappa shape index (κ3) is 2.96. The Morgan fingerprint density at radius 1 is 0.897 bits per heavy atom. The fourth-order valence-electron chi connectivity index (χ4n) is 4.12. The number of alkyl halides is 3. The van der Waals surface area contributed by atoms with Crippen LogP contribution in [0, 0.1) is 6.92 Å². The van der Waals surface area contributed by atoms with Crippen molar-refractivity contribution in [1.82, 2.24) is 0 Å². The lowest BCUT2D eigenvalue weighted by atomic mass is 9.92. The van der Waals surface area contributed by atoms with Crippen LogP contribution in [-0.4, -0.2) is 0 Å². The fourth-order valence-corrected chi connectivity index (χ4v) is 4.12. The van der Waals surface area contributed by atoms with Crippen LogP contribution in [-0.2, 0) is 12.6 Å². The van der Waals surface area contributed by atoms with Crippen LogP contribution in [0.1, 0.15) is 28.0 Å². The Kier molecular flexibility index (Phi) is 3.91. The topological polar surface area (TPSA) is 13.1 Å². The molecule has 0 saturated carbocycles. The highest BCUT2D eigenvalue weighted by Crippen LogP contribution is 2.42. The summed E-state index contributed by atoms with van der Waals surface area (Å²) in [5.41, 5.74) is 5.45. The second-order valence-corrected chi connectivity index (χ2v) is 7.40. The van der Waals surface area contributed by atoms with Crippen LogP contribution in [0.2, 0.25) is 0 Å². The molecule has 4 aromatic rings. The van der Waals surface area contributed by atoms with Crippen molar-refractivity contribution in [3.8, 4) is 11.1 Å². The van der Waals surface area contributed by atoms with Crippen LogP contribution in [0.4, 0.5) is 13.2 Å². The molecule has 0 amide bonds. The molecule has 0 spiro atoms. The SMILES string of the molecule is Cc1ccc2c(c1-c1ccc(C(F)(F)F)cc1)C=C(c1occ3ccccc13)C2. The summed E-state index contributed by atoms with van der Waals surface area (Å²) in [4.78, 5) is 0. The Bertz CT molecular complexity index is 1260. The average Bonchev–Trinajstić information content (AvgIpc) is 3.31. The Balaban J connectivity index is 1.62. The summed E-state index contributed by atoms with van der Waals surface area (Å²) in [5, 5.41) is 2.12. The van der Waals surface area contributed by atoms with Gasteiger partial charge in [-0.1, -0.05) is 48.5 Å². The molecule has 0 saturated heterocycles. The highest BCUT2D eigenvalue weighted by atomic mass is 19.4. The number of halogens is 3. The highest BCUT2D eigenvalue weighted by molar-refractivity contribution is 6.00. The molecule has 1 heterocycles. The van der Waals surface area contributed by atoms with E-state index in [1.807, 2.05) is 37.3 Å². The summed E-state index contributed by atoms with van der Waals surface area (Å²) in [5.74, 6) is 0.854. The molecule has 1 nitrogen and oxygen atoms in total. The van der Waals surface area contributed by atoms with E-state index >= 15 is 0 Å². The summed E-state index contributed by atoms with van der Waals surface area (Å²) in [6.07, 6.45) is 0.275. The maximum absolute atomic E-state index is 12.9. The number of allylic oxidation sites excluding steroid dienone is 1. The molecule has 3 aromatic carbocycles. The molecule has 0 aliphatic heterocycles. The van der Waals surface area contributed by atoms with Gasteiger partial charge < -0.3 is 4.42 Å². The zero-order valence-electron chi connectivity index (χ0n) is 15.7. The molecular formula is C25H17F3O. The second kappa shape index (κ2) is 6.38. The van der Waals surface area contributed by atoms with Crippen molar-refractivity contribution >= 4 is 22.4 Å². The zero-order chi connectivity index (χ0) is 20.2. The van der Waals surface area contributed by atoms with E-state index < -0.39 is 11.7 Å². The standard InChI is InChI=1S/C25H17F3O/c1-15-6-7-17-12-19(24-21-5-3-2-4-18(21)14-29-24)13-22(17)23(15)16-8-10-20(11-9-16)25(26,27)28/h2-11,13-14H,12H2,1H3. The van der Waals surface area contributed by atoms with Crippen LogP contribution in [0.25, 0.3) is 33.5 Å². The third-order valence-electron chi connectivity index (χ3n) is 5.55. The summed E-state index contributed by atoms with van der Waals surface area (Å²) >= 11 is 0. The Morgan fingerprint density at radius 3 is 2.41 bits per heavy atom. The minimum atomic E-state index is -4.33. The molecule has 29 heavy (non-hydrogen) atoms. The van der Waals surface area contributed by atoms with Crippen molar-refractivity contribution in [3.63, 3.8) is 0 Å². The molecule has 144 valence electrons.